The highest BCUT2D eigenvalue weighted by Crippen LogP contribution is 2.26. The van der Waals surface area contributed by atoms with Crippen LogP contribution in [-0.2, 0) is 6.42 Å². The number of rotatable bonds is 8. The van der Waals surface area contributed by atoms with Crippen LogP contribution in [0.2, 0.25) is 0 Å². The lowest BCUT2D eigenvalue weighted by Gasteiger charge is -2.22. The van der Waals surface area contributed by atoms with Crippen LogP contribution >= 0.6 is 0 Å². The van der Waals surface area contributed by atoms with Gasteiger partial charge in [0, 0.05) is 0 Å². The summed E-state index contributed by atoms with van der Waals surface area (Å²) in [5.41, 5.74) is 3.81. The number of nitrogens with one attached hydrogen (secondary N) is 1. The van der Waals surface area contributed by atoms with Gasteiger partial charge in [0.15, 0.2) is 0 Å². The first-order valence-corrected chi connectivity index (χ1v) is 8.69. The highest BCUT2D eigenvalue weighted by molar-refractivity contribution is 5.44. The largest absolute Gasteiger partial charge is 0.493 e. The summed E-state index contributed by atoms with van der Waals surface area (Å²) in [6.07, 6.45) is 5.25. The zero-order chi connectivity index (χ0) is 15.8. The van der Waals surface area contributed by atoms with Crippen molar-refractivity contribution < 1.29 is 15.0 Å². The maximum atomic E-state index is 6.10. The van der Waals surface area contributed by atoms with Crippen LogP contribution < -0.4 is 15.0 Å². The molecule has 0 aliphatic carbocycles. The number of piperazine rings is 1. The third kappa shape index (κ3) is 5.15. The van der Waals surface area contributed by atoms with Crippen molar-refractivity contribution in [2.75, 3.05) is 39.3 Å². The van der Waals surface area contributed by atoms with Crippen LogP contribution in [0.4, 0.5) is 0 Å². The second kappa shape index (κ2) is 8.96. The third-order valence-electron chi connectivity index (χ3n) is 4.44. The molecule has 3 nitrogen and oxygen atoms in total. The molecule has 0 saturated carbocycles. The van der Waals surface area contributed by atoms with Crippen molar-refractivity contribution in [3.63, 3.8) is 0 Å². The van der Waals surface area contributed by atoms with E-state index in [0.29, 0.717) is 0 Å². The molecule has 3 N–H and O–H groups in total. The van der Waals surface area contributed by atoms with E-state index in [2.05, 4.69) is 37.9 Å². The molecule has 122 valence electrons. The predicted octanol–water partition coefficient (Wildman–Crippen LogP) is 0.653. The fourth-order valence-corrected chi connectivity index (χ4v) is 3.34. The molecule has 0 bridgehead atoms. The Hall–Kier alpha value is -1.32. The van der Waals surface area contributed by atoms with Crippen molar-refractivity contribution in [3.8, 4) is 5.75 Å². The van der Waals surface area contributed by atoms with Gasteiger partial charge in [0.05, 0.1) is 13.2 Å². The lowest BCUT2D eigenvalue weighted by molar-refractivity contribution is -0.946. The SMILES string of the molecule is C=CCc1cc(C)cc(C)c1OCCCC[NH+]1CC[NH2+]CC1. The minimum Gasteiger partial charge on any atom is -0.493 e. The maximum absolute atomic E-state index is 6.10. The summed E-state index contributed by atoms with van der Waals surface area (Å²) in [6.45, 7) is 15.5. The highest BCUT2D eigenvalue weighted by atomic mass is 16.5. The predicted molar refractivity (Wildman–Crippen MR) is 91.8 cm³/mol. The molecule has 0 radical (unpaired) electrons. The van der Waals surface area contributed by atoms with E-state index < -0.39 is 0 Å². The fourth-order valence-electron chi connectivity index (χ4n) is 3.34. The first kappa shape index (κ1) is 17.0. The molecular weight excluding hydrogens is 272 g/mol. The van der Waals surface area contributed by atoms with Gasteiger partial charge in [0.1, 0.15) is 31.9 Å². The van der Waals surface area contributed by atoms with Crippen molar-refractivity contribution in [2.24, 2.45) is 0 Å². The number of nitrogens with two attached hydrogens (primary N) is 1. The molecule has 22 heavy (non-hydrogen) atoms. The minimum absolute atomic E-state index is 0.827. The van der Waals surface area contributed by atoms with Gasteiger partial charge in [-0.3, -0.25) is 0 Å². The Morgan fingerprint density at radius 3 is 2.73 bits per heavy atom. The number of ether oxygens (including phenoxy) is 1. The van der Waals surface area contributed by atoms with Crippen molar-refractivity contribution >= 4 is 0 Å². The van der Waals surface area contributed by atoms with Crippen LogP contribution in [0.3, 0.4) is 0 Å². The van der Waals surface area contributed by atoms with Crippen LogP contribution in [0.1, 0.15) is 29.5 Å². The number of unbranched alkanes of at least 4 members (excludes halogenated alkanes) is 1. The van der Waals surface area contributed by atoms with Gasteiger partial charge in [-0.2, -0.15) is 0 Å². The van der Waals surface area contributed by atoms with Crippen molar-refractivity contribution in [2.45, 2.75) is 33.1 Å². The maximum Gasteiger partial charge on any atom is 0.127 e. The first-order valence-electron chi connectivity index (χ1n) is 8.69. The van der Waals surface area contributed by atoms with Crippen molar-refractivity contribution in [3.05, 3.63) is 41.5 Å². The molecule has 1 aromatic carbocycles. The zero-order valence-electron chi connectivity index (χ0n) is 14.3. The highest BCUT2D eigenvalue weighted by Gasteiger charge is 2.14. The minimum atomic E-state index is 0.827. The Morgan fingerprint density at radius 2 is 2.00 bits per heavy atom. The van der Waals surface area contributed by atoms with E-state index in [1.54, 1.807) is 4.90 Å². The van der Waals surface area contributed by atoms with Crippen LogP contribution in [-0.4, -0.2) is 39.3 Å². The molecular formula is C19H32N2O+2. The Bertz CT molecular complexity index is 479. The van der Waals surface area contributed by atoms with E-state index >= 15 is 0 Å². The Kier molecular flexibility index (Phi) is 6.94. The molecule has 1 aliphatic heterocycles. The molecule has 1 heterocycles. The Balaban J connectivity index is 1.77. The number of hydrogen-bond donors (Lipinski definition) is 2. The fraction of sp³-hybridized carbons (Fsp3) is 0.579. The summed E-state index contributed by atoms with van der Waals surface area (Å²) < 4.78 is 6.10. The Morgan fingerprint density at radius 1 is 1.23 bits per heavy atom. The summed E-state index contributed by atoms with van der Waals surface area (Å²) in [4.78, 5) is 1.77. The number of aryl methyl sites for hydroxylation is 2. The normalized spacial score (nSPS) is 15.7. The smallest absolute Gasteiger partial charge is 0.127 e. The number of quaternary nitrogens is 2. The average molecular weight is 304 g/mol. The summed E-state index contributed by atoms with van der Waals surface area (Å²) in [6, 6.07) is 4.43. The molecule has 0 amide bonds. The summed E-state index contributed by atoms with van der Waals surface area (Å²) in [7, 11) is 0. The lowest BCUT2D eigenvalue weighted by atomic mass is 10.0. The van der Waals surface area contributed by atoms with Crippen molar-refractivity contribution in [1.82, 2.24) is 0 Å². The molecule has 2 rings (SSSR count). The zero-order valence-corrected chi connectivity index (χ0v) is 14.3. The van der Waals surface area contributed by atoms with Gasteiger partial charge in [0.25, 0.3) is 0 Å². The molecule has 1 fully saturated rings. The van der Waals surface area contributed by atoms with E-state index in [4.69, 9.17) is 4.74 Å². The van der Waals surface area contributed by atoms with Crippen LogP contribution in [0.25, 0.3) is 0 Å². The van der Waals surface area contributed by atoms with Crippen LogP contribution in [0.5, 0.6) is 5.75 Å². The molecule has 3 heteroatoms. The molecule has 0 aromatic heterocycles. The Labute approximate surface area is 135 Å². The second-order valence-electron chi connectivity index (χ2n) is 6.48. The third-order valence-corrected chi connectivity index (χ3v) is 4.44. The number of hydrogen-bond acceptors (Lipinski definition) is 1. The van der Waals surface area contributed by atoms with Crippen molar-refractivity contribution in [1.29, 1.82) is 0 Å². The number of allylic oxidation sites excluding steroid dienone is 1. The lowest BCUT2D eigenvalue weighted by Crippen LogP contribution is -3.20. The first-order chi connectivity index (χ1) is 10.7. The van der Waals surface area contributed by atoms with E-state index in [1.807, 2.05) is 6.08 Å². The van der Waals surface area contributed by atoms with Gasteiger partial charge in [0.2, 0.25) is 0 Å². The quantitative estimate of drug-likeness (QED) is 0.536. The van der Waals surface area contributed by atoms with Crippen LogP contribution in [0.15, 0.2) is 24.8 Å². The molecule has 1 aliphatic rings. The van der Waals surface area contributed by atoms with Gasteiger partial charge in [-0.1, -0.05) is 23.8 Å². The molecule has 1 aromatic rings. The molecule has 1 saturated heterocycles. The monoisotopic (exact) mass is 304 g/mol. The standard InChI is InChI=1S/C19H30N2O/c1-4-7-18-15-16(2)14-17(3)19(18)22-13-6-5-10-21-11-8-20-9-12-21/h4,14-15,20H,1,5-13H2,2-3H3/p+2. The molecule has 0 spiro atoms. The van der Waals surface area contributed by atoms with E-state index in [9.17, 15) is 0 Å². The van der Waals surface area contributed by atoms with Gasteiger partial charge >= 0.3 is 0 Å². The number of benzene rings is 1. The van der Waals surface area contributed by atoms with Crippen LogP contribution in [0, 0.1) is 13.8 Å². The van der Waals surface area contributed by atoms with Gasteiger partial charge in [-0.15, -0.1) is 6.58 Å². The molecule has 0 atom stereocenters. The van der Waals surface area contributed by atoms with E-state index in [-0.39, 0.29) is 0 Å². The second-order valence-corrected chi connectivity index (χ2v) is 6.48. The van der Waals surface area contributed by atoms with E-state index in [1.165, 1.54) is 55.8 Å². The van der Waals surface area contributed by atoms with Gasteiger partial charge in [-0.25, -0.2) is 0 Å². The summed E-state index contributed by atoms with van der Waals surface area (Å²) >= 11 is 0. The molecule has 0 unspecified atom stereocenters. The van der Waals surface area contributed by atoms with Gasteiger partial charge in [-0.05, 0) is 44.2 Å². The topological polar surface area (TPSA) is 30.3 Å². The summed E-state index contributed by atoms with van der Waals surface area (Å²) in [5, 5.41) is 2.42. The summed E-state index contributed by atoms with van der Waals surface area (Å²) in [5.74, 6) is 1.07. The van der Waals surface area contributed by atoms with Gasteiger partial charge < -0.3 is 15.0 Å². The average Bonchev–Trinajstić information content (AvgIpc) is 2.50. The van der Waals surface area contributed by atoms with E-state index in [0.717, 1.165) is 25.2 Å².